The van der Waals surface area contributed by atoms with Gasteiger partial charge in [-0.3, -0.25) is 4.90 Å². The van der Waals surface area contributed by atoms with Crippen LogP contribution < -0.4 is 10.6 Å². The topological polar surface area (TPSA) is 75.2 Å². The summed E-state index contributed by atoms with van der Waals surface area (Å²) in [6.45, 7) is 3.81. The number of hydrogen-bond acceptors (Lipinski definition) is 7. The zero-order chi connectivity index (χ0) is 21.9. The van der Waals surface area contributed by atoms with E-state index in [-0.39, 0.29) is 0 Å². The summed E-state index contributed by atoms with van der Waals surface area (Å²) in [6.07, 6.45) is 7.81. The molecular weight excluding hydrogens is 407 g/mol. The van der Waals surface area contributed by atoms with Crippen molar-refractivity contribution in [2.45, 2.75) is 37.8 Å². The van der Waals surface area contributed by atoms with Gasteiger partial charge in [0.05, 0.1) is 24.4 Å². The van der Waals surface area contributed by atoms with Crippen molar-refractivity contribution in [2.75, 3.05) is 44.0 Å². The van der Waals surface area contributed by atoms with Crippen LogP contribution in [0.4, 0.5) is 15.9 Å². The van der Waals surface area contributed by atoms with Gasteiger partial charge < -0.3 is 15.4 Å². The van der Waals surface area contributed by atoms with Crippen LogP contribution in [-0.2, 0) is 4.74 Å². The Balaban J connectivity index is 1.34. The van der Waals surface area contributed by atoms with Gasteiger partial charge in [-0.15, -0.1) is 0 Å². The van der Waals surface area contributed by atoms with E-state index in [4.69, 9.17) is 4.74 Å². The lowest BCUT2D eigenvalue weighted by Crippen LogP contribution is -2.46. The molecule has 7 nitrogen and oxygen atoms in total. The first kappa shape index (κ1) is 21.0. The molecule has 2 N–H and O–H groups in total. The molecule has 0 unspecified atom stereocenters. The minimum absolute atomic E-state index is 0.377. The molecule has 168 valence electrons. The number of nitrogens with zero attached hydrogens (tertiary/aromatic N) is 4. The quantitative estimate of drug-likeness (QED) is 0.587. The van der Waals surface area contributed by atoms with Crippen LogP contribution in [0.5, 0.6) is 0 Å². The summed E-state index contributed by atoms with van der Waals surface area (Å²) in [5, 5.41) is 7.49. The van der Waals surface area contributed by atoms with Crippen LogP contribution >= 0.6 is 0 Å². The van der Waals surface area contributed by atoms with Crippen LogP contribution in [0.1, 0.15) is 25.7 Å². The molecule has 32 heavy (non-hydrogen) atoms. The highest BCUT2D eigenvalue weighted by Crippen LogP contribution is 2.31. The number of aromatic nitrogens is 3. The van der Waals surface area contributed by atoms with E-state index < -0.39 is 5.95 Å². The van der Waals surface area contributed by atoms with Crippen LogP contribution in [0.15, 0.2) is 36.8 Å². The van der Waals surface area contributed by atoms with Crippen molar-refractivity contribution >= 4 is 22.4 Å². The second kappa shape index (κ2) is 9.34. The van der Waals surface area contributed by atoms with E-state index in [1.165, 1.54) is 12.8 Å². The minimum Gasteiger partial charge on any atom is -0.384 e. The Morgan fingerprint density at radius 2 is 1.81 bits per heavy atom. The first-order valence-electron chi connectivity index (χ1n) is 11.4. The van der Waals surface area contributed by atoms with E-state index in [9.17, 15) is 4.39 Å². The van der Waals surface area contributed by atoms with E-state index >= 15 is 0 Å². The van der Waals surface area contributed by atoms with Crippen molar-refractivity contribution in [3.63, 3.8) is 0 Å². The van der Waals surface area contributed by atoms with Gasteiger partial charge in [-0.1, -0.05) is 6.07 Å². The summed E-state index contributed by atoms with van der Waals surface area (Å²) in [5.41, 5.74) is 3.06. The van der Waals surface area contributed by atoms with Crippen LogP contribution in [0, 0.1) is 5.95 Å². The Kier molecular flexibility index (Phi) is 6.14. The Bertz CT molecular complexity index is 1080. The standard InChI is InChI=1S/C24H29FN6O/c1-26-22-13-17(14-27-23(22)25)16-2-7-21-20(12-16)24(29-15-28-21)30-18-3-5-19(6-4-18)31-8-10-32-11-9-31/h2,7,12-15,18-19,26H,3-6,8-11H2,1H3,(H,28,29,30). The Morgan fingerprint density at radius 3 is 2.59 bits per heavy atom. The molecule has 1 aliphatic carbocycles. The summed E-state index contributed by atoms with van der Waals surface area (Å²) < 4.78 is 19.3. The normalized spacial score (nSPS) is 22.1. The molecule has 5 rings (SSSR count). The lowest BCUT2D eigenvalue weighted by molar-refractivity contribution is 0.00791. The molecule has 8 heteroatoms. The molecule has 0 amide bonds. The minimum atomic E-state index is -0.504. The van der Waals surface area contributed by atoms with E-state index in [2.05, 4.69) is 36.6 Å². The molecule has 0 bridgehead atoms. The van der Waals surface area contributed by atoms with Gasteiger partial charge in [-0.05, 0) is 49.4 Å². The first-order chi connectivity index (χ1) is 15.7. The summed E-state index contributed by atoms with van der Waals surface area (Å²) in [5.74, 6) is 0.353. The Morgan fingerprint density at radius 1 is 1.00 bits per heavy atom. The number of hydrogen-bond donors (Lipinski definition) is 2. The number of benzene rings is 1. The molecule has 1 saturated heterocycles. The third kappa shape index (κ3) is 4.38. The molecule has 0 radical (unpaired) electrons. The van der Waals surface area contributed by atoms with Crippen LogP contribution in [0.2, 0.25) is 0 Å². The van der Waals surface area contributed by atoms with E-state index in [0.717, 1.165) is 67.0 Å². The molecule has 1 saturated carbocycles. The zero-order valence-electron chi connectivity index (χ0n) is 18.4. The highest BCUT2D eigenvalue weighted by Gasteiger charge is 2.27. The van der Waals surface area contributed by atoms with Gasteiger partial charge in [-0.2, -0.15) is 4.39 Å². The molecule has 1 aromatic carbocycles. The van der Waals surface area contributed by atoms with Gasteiger partial charge in [0.1, 0.15) is 12.1 Å². The molecule has 0 atom stereocenters. The molecule has 3 aromatic rings. The highest BCUT2D eigenvalue weighted by molar-refractivity contribution is 5.92. The van der Waals surface area contributed by atoms with Crippen molar-refractivity contribution in [1.29, 1.82) is 0 Å². The van der Waals surface area contributed by atoms with Crippen LogP contribution in [0.3, 0.4) is 0 Å². The number of rotatable bonds is 5. The second-order valence-corrected chi connectivity index (χ2v) is 8.56. The van der Waals surface area contributed by atoms with Gasteiger partial charge in [-0.25, -0.2) is 15.0 Å². The Labute approximate surface area is 187 Å². The van der Waals surface area contributed by atoms with Crippen LogP contribution in [-0.4, -0.2) is 65.3 Å². The SMILES string of the molecule is CNc1cc(-c2ccc3ncnc(NC4CCC(N5CCOCC5)CC4)c3c2)cnc1F. The smallest absolute Gasteiger partial charge is 0.236 e. The number of morpholine rings is 1. The predicted molar refractivity (Wildman–Crippen MR) is 124 cm³/mol. The second-order valence-electron chi connectivity index (χ2n) is 8.56. The van der Waals surface area contributed by atoms with Crippen molar-refractivity contribution in [2.24, 2.45) is 0 Å². The number of fused-ring (bicyclic) bond motifs is 1. The molecule has 2 aromatic heterocycles. The average molecular weight is 437 g/mol. The van der Waals surface area contributed by atoms with E-state index in [0.29, 0.717) is 17.8 Å². The maximum absolute atomic E-state index is 13.8. The van der Waals surface area contributed by atoms with E-state index in [1.54, 1.807) is 25.6 Å². The summed E-state index contributed by atoms with van der Waals surface area (Å²) in [7, 11) is 1.69. The monoisotopic (exact) mass is 436 g/mol. The number of anilines is 2. The molecule has 3 heterocycles. The highest BCUT2D eigenvalue weighted by atomic mass is 19.1. The third-order valence-electron chi connectivity index (χ3n) is 6.68. The van der Waals surface area contributed by atoms with Crippen molar-refractivity contribution < 1.29 is 9.13 Å². The van der Waals surface area contributed by atoms with Gasteiger partial charge in [0.15, 0.2) is 0 Å². The number of pyridine rings is 1. The summed E-state index contributed by atoms with van der Waals surface area (Å²) in [6, 6.07) is 8.87. The number of nitrogens with one attached hydrogen (secondary N) is 2. The van der Waals surface area contributed by atoms with Crippen molar-refractivity contribution in [3.05, 3.63) is 42.7 Å². The summed E-state index contributed by atoms with van der Waals surface area (Å²) in [4.78, 5) is 15.5. The summed E-state index contributed by atoms with van der Waals surface area (Å²) >= 11 is 0. The fourth-order valence-corrected chi connectivity index (χ4v) is 4.85. The van der Waals surface area contributed by atoms with Gasteiger partial charge in [0.2, 0.25) is 5.95 Å². The van der Waals surface area contributed by atoms with Crippen LogP contribution in [0.25, 0.3) is 22.0 Å². The van der Waals surface area contributed by atoms with Gasteiger partial charge in [0.25, 0.3) is 0 Å². The fourth-order valence-electron chi connectivity index (χ4n) is 4.85. The number of halogens is 1. The third-order valence-corrected chi connectivity index (χ3v) is 6.68. The zero-order valence-corrected chi connectivity index (χ0v) is 18.4. The largest absolute Gasteiger partial charge is 0.384 e. The number of ether oxygens (including phenoxy) is 1. The Hall–Kier alpha value is -2.84. The van der Waals surface area contributed by atoms with E-state index in [1.807, 2.05) is 12.1 Å². The first-order valence-corrected chi connectivity index (χ1v) is 11.4. The lowest BCUT2D eigenvalue weighted by Gasteiger charge is -2.39. The molecule has 0 spiro atoms. The van der Waals surface area contributed by atoms with Gasteiger partial charge >= 0.3 is 0 Å². The maximum atomic E-state index is 13.8. The van der Waals surface area contributed by atoms with Gasteiger partial charge in [0, 0.05) is 49.4 Å². The predicted octanol–water partition coefficient (Wildman–Crippen LogP) is 3.93. The lowest BCUT2D eigenvalue weighted by atomic mass is 9.90. The molecular formula is C24H29FN6O. The molecule has 1 aliphatic heterocycles. The molecule has 2 fully saturated rings. The average Bonchev–Trinajstić information content (AvgIpc) is 2.85. The van der Waals surface area contributed by atoms with Crippen molar-refractivity contribution in [1.82, 2.24) is 19.9 Å². The fraction of sp³-hybridized carbons (Fsp3) is 0.458. The molecule has 2 aliphatic rings. The maximum Gasteiger partial charge on any atom is 0.236 e. The van der Waals surface area contributed by atoms with Crippen molar-refractivity contribution in [3.8, 4) is 11.1 Å².